The minimum Gasteiger partial charge on any atom is -0.139 e. The van der Waals surface area contributed by atoms with Gasteiger partial charge in [-0.25, -0.2) is 0 Å². The predicted octanol–water partition coefficient (Wildman–Crippen LogP) is 42.3. The molecular weight excluding hydrogens is 2230 g/mol. The maximum Gasteiger partial charge on any atom is 0.0479 e. The van der Waals surface area contributed by atoms with E-state index in [1.165, 1.54) is 241 Å². The molecule has 0 saturated carbocycles. The van der Waals surface area contributed by atoms with Gasteiger partial charge in [-0.3, -0.25) is 0 Å². The normalized spacial score (nSPS) is 11.6. The fourth-order valence-corrected chi connectivity index (χ4v) is 44.3. The van der Waals surface area contributed by atoms with Crippen molar-refractivity contribution in [3.63, 3.8) is 0 Å². The molecule has 0 spiro atoms. The van der Waals surface area contributed by atoms with E-state index in [1.54, 1.807) is 2.89 Å². The molecule has 20 aromatic rings. The van der Waals surface area contributed by atoms with Gasteiger partial charge in [0.25, 0.3) is 0 Å². The van der Waals surface area contributed by atoms with Gasteiger partial charge in [-0.05, 0) is 330 Å². The number of hydrogen-bond donors (Lipinski definition) is 0. The van der Waals surface area contributed by atoms with Crippen LogP contribution in [0, 0.1) is 90.0 Å². The van der Waals surface area contributed by atoms with Gasteiger partial charge in [-0.2, -0.15) is 0 Å². The van der Waals surface area contributed by atoms with E-state index in [2.05, 4.69) is 351 Å². The van der Waals surface area contributed by atoms with E-state index in [-0.39, 0.29) is 0 Å². The van der Waals surface area contributed by atoms with Crippen LogP contribution in [0.5, 0.6) is 0 Å². The van der Waals surface area contributed by atoms with E-state index < -0.39 is 18.4 Å². The molecule has 0 unspecified atom stereocenters. The van der Waals surface area contributed by atoms with Crippen LogP contribution in [0.3, 0.4) is 0 Å². The Balaban J connectivity index is 0.000000120. The molecule has 20 aromatic heterocycles. The zero-order chi connectivity index (χ0) is 84.7. The van der Waals surface area contributed by atoms with Gasteiger partial charge in [0.1, 0.15) is 0 Å². The number of rotatable bonds is 17. The van der Waals surface area contributed by atoms with Crippen LogP contribution in [0.1, 0.15) is 70.3 Å². The molecule has 0 bridgehead atoms. The van der Waals surface area contributed by atoms with Gasteiger partial charge in [0, 0.05) is 137 Å². The Hall–Kier alpha value is -3.28. The third-order valence-corrected chi connectivity index (χ3v) is 58.3. The summed E-state index contributed by atoms with van der Waals surface area (Å²) < 4.78 is 6.52. The van der Waals surface area contributed by atoms with Crippen LogP contribution in [0.4, 0.5) is 0 Å². The second-order valence-corrected chi connectivity index (χ2v) is 73.4. The molecule has 20 rings (SSSR count). The van der Waals surface area contributed by atoms with Crippen molar-refractivity contribution in [2.75, 3.05) is 0 Å². The average molecular weight is 2310 g/mol. The van der Waals surface area contributed by atoms with Crippen molar-refractivity contribution >= 4 is 312 Å². The zero-order valence-corrected chi connectivity index (χ0v) is 94.0. The van der Waals surface area contributed by atoms with Crippen LogP contribution in [0.15, 0.2) is 197 Å². The summed E-state index contributed by atoms with van der Waals surface area (Å²) in [4.78, 5) is 55.6. The van der Waals surface area contributed by atoms with Crippen LogP contribution < -0.4 is 2.89 Å². The summed E-state index contributed by atoms with van der Waals surface area (Å²) in [7, 11) is 0. The van der Waals surface area contributed by atoms with Gasteiger partial charge in [0.05, 0.1) is 15.1 Å². The van der Waals surface area contributed by atoms with E-state index in [0.29, 0.717) is 0 Å². The van der Waals surface area contributed by atoms with Crippen LogP contribution in [0.2, 0.25) is 14.8 Å². The van der Waals surface area contributed by atoms with Gasteiger partial charge in [-0.15, -0.1) is 181 Å². The molecule has 20 heterocycles. The van der Waals surface area contributed by atoms with Crippen LogP contribution >= 0.6 is 290 Å². The summed E-state index contributed by atoms with van der Waals surface area (Å²) >= 11 is 50.3. The first-order valence-electron chi connectivity index (χ1n) is 38.6. The molecule has 0 amide bonds. The third kappa shape index (κ3) is 20.1. The number of thiophene rings is 20. The average Bonchev–Trinajstić information content (AvgIpc) is 1.32. The third-order valence-electron chi connectivity index (χ3n) is 20.0. The summed E-state index contributed by atoms with van der Waals surface area (Å²) in [5, 5.41) is 0. The van der Waals surface area contributed by atoms with Crippen molar-refractivity contribution in [3.05, 3.63) is 267 Å². The Morgan fingerprint density at radius 1 is 0.174 bits per heavy atom. The molecule has 0 nitrogen and oxygen atoms in total. The Bertz CT molecular complexity index is 6870. The summed E-state index contributed by atoms with van der Waals surface area (Å²) in [6.07, 6.45) is 0. The smallest absolute Gasteiger partial charge is 0.0479 e. The molecule has 0 aliphatic heterocycles. The maximum absolute atomic E-state index is 3.62. The van der Waals surface area contributed by atoms with Gasteiger partial charge < -0.3 is 0 Å². The topological polar surface area (TPSA) is 0 Å². The number of halogens is 4. The van der Waals surface area contributed by atoms with Gasteiger partial charge >= 0.3 is 177 Å². The van der Waals surface area contributed by atoms with Crippen molar-refractivity contribution in [2.24, 2.45) is 0 Å². The fraction of sp³-hybridized carbons (Fsp3) is 0.167. The molecule has 0 saturated heterocycles. The summed E-state index contributed by atoms with van der Waals surface area (Å²) in [5.41, 5.74) is 13.6. The van der Waals surface area contributed by atoms with Gasteiger partial charge in [0.2, 0.25) is 0 Å². The Morgan fingerprint density at radius 3 is 0.653 bits per heavy atom. The molecule has 0 atom stereocenters. The maximum atomic E-state index is 3.62. The van der Waals surface area contributed by atoms with Crippen LogP contribution in [-0.4, -0.2) is 18.4 Å². The van der Waals surface area contributed by atoms with Crippen molar-refractivity contribution in [1.82, 2.24) is 0 Å². The predicted molar refractivity (Wildman–Crippen MR) is 586 cm³/mol. The molecule has 0 aliphatic rings. The van der Waals surface area contributed by atoms with Crippen molar-refractivity contribution < 1.29 is 0 Å². The van der Waals surface area contributed by atoms with E-state index in [1.807, 2.05) is 227 Å². The second kappa shape index (κ2) is 38.0. The van der Waals surface area contributed by atoms with E-state index in [0.717, 1.165) is 0 Å². The number of hydrogen-bond acceptors (Lipinski definition) is 20. The number of aryl methyl sites for hydroxylation is 13. The summed E-state index contributed by atoms with van der Waals surface area (Å²) in [6.45, 7) is 28.7. The van der Waals surface area contributed by atoms with E-state index in [4.69, 9.17) is 0 Å². The molecule has 0 radical (unpaired) electrons. The molecule has 0 N–H and O–H groups in total. The molecule has 121 heavy (non-hydrogen) atoms. The Kier molecular flexibility index (Phi) is 28.2. The van der Waals surface area contributed by atoms with Gasteiger partial charge in [0.15, 0.2) is 0 Å². The van der Waals surface area contributed by atoms with Crippen LogP contribution in [-0.2, 0) is 0 Å². The summed E-state index contributed by atoms with van der Waals surface area (Å²) in [5.74, 6) is 0. The standard InChI is InChI=1S/C38H30S8.C19H15S4.2C18H12Br2S4.3CH3.Sn/c1-19-16-33(40-24(19)6)29-9-7-25(41-29)26-8-10-30(42-26)34-17-21(3)38(45-34)35-18-22(4)37(46-35)32-14-12-28(44-32)27-11-13-31(43-27)36-20(2)15-23(5)39-36;1-11-8-9-20-18(11)16-6-4-14(22-16)15-5-7-17(23-15)19-12(2)10-13(3)21-19;1-9-7-15(19)23-17(9)13-5-3-11(21-13)12-4-6-14(22-12)18-10(2)8-16(20)24-18;1-9-7-15(23-17(9)19)13-5-3-11(21-13)12-4-6-14(22-12)16-8-10(2)18(20)24-16;;;;/h7-18H,1-6H3;4-8,10H,1-3H3;2*3-8H,1-2H3;3*1H3;. The van der Waals surface area contributed by atoms with E-state index >= 15 is 0 Å². The molecular formula is C96H78Br4S20Sn. The van der Waals surface area contributed by atoms with Crippen molar-refractivity contribution in [2.45, 2.75) is 105 Å². The minimum atomic E-state index is -1.99. The first-order valence-corrected chi connectivity index (χ1v) is 68.0. The van der Waals surface area contributed by atoms with Gasteiger partial charge in [-0.1, -0.05) is 0 Å². The fourth-order valence-electron chi connectivity index (χ4n) is 13.8. The van der Waals surface area contributed by atoms with Crippen molar-refractivity contribution in [3.8, 4) is 156 Å². The molecule has 25 heteroatoms. The second-order valence-electron chi connectivity index (χ2n) is 30.6. The monoisotopic (exact) mass is 2310 g/mol. The van der Waals surface area contributed by atoms with Crippen LogP contribution in [0.25, 0.3) is 156 Å². The quantitative estimate of drug-likeness (QED) is 0.0797. The first kappa shape index (κ1) is 89.7. The Morgan fingerprint density at radius 2 is 0.388 bits per heavy atom. The summed E-state index contributed by atoms with van der Waals surface area (Å²) in [6, 6.07) is 68.6. The Labute approximate surface area is 827 Å². The largest absolute Gasteiger partial charge is 0.139 e. The molecule has 0 aromatic carbocycles. The van der Waals surface area contributed by atoms with E-state index in [9.17, 15) is 0 Å². The van der Waals surface area contributed by atoms with Crippen molar-refractivity contribution in [1.29, 1.82) is 0 Å². The molecule has 0 aliphatic carbocycles. The minimum absolute atomic E-state index is 1.20. The SMILES string of the molecule is Cc1cc(-c2ccc(-c3ccc(-c4cc(C)c(Br)s4)s3)s2)sc1Br.Cc1cc(Br)sc1-c1ccc(-c2ccc(-c3sc(Br)cc3C)s2)s1.Cc1cc(C)c(-c2ccc(-c3ccc(-c4s[c]([Sn]([CH3])([CH3])[CH3])cc4C)s3)s2)s1.Cc1cc(C)c(-c2ccc(-c3ccc(-c4sc(-c5sc(-c6ccc(-c7ccc(-c8cc(C)c(C)s8)s7)s6)cc5C)cc4C)s3)s2)s1. The molecule has 0 fully saturated rings. The molecule has 614 valence electrons. The zero-order valence-electron chi connectivity index (χ0n) is 68.5. The first-order chi connectivity index (χ1) is 57.9.